The summed E-state index contributed by atoms with van der Waals surface area (Å²) in [4.78, 5) is 39.0. The maximum Gasteiger partial charge on any atom is 0.342 e. The molecule has 0 spiro atoms. The summed E-state index contributed by atoms with van der Waals surface area (Å²) in [6.07, 6.45) is 0.125. The van der Waals surface area contributed by atoms with Crippen molar-refractivity contribution in [3.63, 3.8) is 0 Å². The van der Waals surface area contributed by atoms with E-state index in [-0.39, 0.29) is 23.6 Å². The van der Waals surface area contributed by atoms with Crippen molar-refractivity contribution in [3.05, 3.63) is 66.2 Å². The van der Waals surface area contributed by atoms with Gasteiger partial charge < -0.3 is 20.1 Å². The highest BCUT2D eigenvalue weighted by Crippen LogP contribution is 2.32. The van der Waals surface area contributed by atoms with Crippen LogP contribution in [0.5, 0.6) is 5.75 Å². The molecule has 3 aromatic carbocycles. The highest BCUT2D eigenvalue weighted by molar-refractivity contribution is 6.06. The van der Waals surface area contributed by atoms with Crippen molar-refractivity contribution >= 4 is 39.9 Å². The van der Waals surface area contributed by atoms with E-state index in [1.165, 1.54) is 11.0 Å². The number of nitrogens with one attached hydrogen (secondary N) is 1. The number of aromatic hydroxyl groups is 1. The number of para-hydroxylation sites is 2. The Labute approximate surface area is 172 Å². The number of phenols is 1. The van der Waals surface area contributed by atoms with Crippen LogP contribution in [0, 0.1) is 0 Å². The van der Waals surface area contributed by atoms with Crippen molar-refractivity contribution in [3.8, 4) is 5.75 Å². The van der Waals surface area contributed by atoms with Gasteiger partial charge in [0.25, 0.3) is 5.91 Å². The summed E-state index contributed by atoms with van der Waals surface area (Å²) in [6.45, 7) is 1.24. The lowest BCUT2D eigenvalue weighted by Gasteiger charge is -2.27. The van der Waals surface area contributed by atoms with Gasteiger partial charge in [0.05, 0.1) is 11.4 Å². The molecule has 7 heteroatoms. The maximum atomic E-state index is 12.9. The topological polar surface area (TPSA) is 95.9 Å². The number of ether oxygens (including phenoxy) is 1. The van der Waals surface area contributed by atoms with Crippen LogP contribution in [0.4, 0.5) is 11.4 Å². The van der Waals surface area contributed by atoms with E-state index in [0.717, 1.165) is 5.39 Å². The molecule has 1 heterocycles. The molecule has 3 aromatic rings. The summed E-state index contributed by atoms with van der Waals surface area (Å²) < 4.78 is 5.21. The molecule has 1 aliphatic heterocycles. The third-order valence-corrected chi connectivity index (χ3v) is 5.08. The number of nitrogens with zero attached hydrogens (tertiary/aromatic N) is 1. The average Bonchev–Trinajstić information content (AvgIpc) is 2.86. The Morgan fingerprint density at radius 3 is 2.67 bits per heavy atom. The number of phenolic OH excluding ortho intramolecular Hbond substituents is 1. The molecule has 0 unspecified atom stereocenters. The fraction of sp³-hybridized carbons (Fsp3) is 0.174. The van der Waals surface area contributed by atoms with E-state index >= 15 is 0 Å². The van der Waals surface area contributed by atoms with Crippen LogP contribution >= 0.6 is 0 Å². The molecule has 1 aliphatic rings. The quantitative estimate of drug-likeness (QED) is 0.652. The Balaban J connectivity index is 1.54. The Morgan fingerprint density at radius 1 is 1.10 bits per heavy atom. The number of benzene rings is 3. The van der Waals surface area contributed by atoms with Crippen LogP contribution in [0.15, 0.2) is 60.7 Å². The summed E-state index contributed by atoms with van der Waals surface area (Å²) in [6, 6.07) is 16.9. The predicted molar refractivity (Wildman–Crippen MR) is 113 cm³/mol. The normalized spacial score (nSPS) is 15.8. The zero-order valence-corrected chi connectivity index (χ0v) is 16.3. The van der Waals surface area contributed by atoms with E-state index in [0.29, 0.717) is 16.8 Å². The van der Waals surface area contributed by atoms with Gasteiger partial charge in [0, 0.05) is 17.8 Å². The second kappa shape index (κ2) is 7.87. The molecule has 2 amide bonds. The third kappa shape index (κ3) is 3.57. The number of carbonyl (C=O) groups is 3. The molecule has 0 aliphatic carbocycles. The standard InChI is InChI=1S/C23H20N2O5/c1-14-12-20(26)24-18-8-4-5-9-19(18)25(14)21(27)13-30-23(29)17-11-10-15-6-2-3-7-16(15)22(17)28/h2-11,14,28H,12-13H2,1H3,(H,24,26)/t14-/m0/s1. The van der Waals surface area contributed by atoms with Crippen LogP contribution in [0.2, 0.25) is 0 Å². The minimum absolute atomic E-state index is 0.0114. The molecular formula is C23H20N2O5. The molecule has 0 saturated carbocycles. The molecule has 2 N–H and O–H groups in total. The molecule has 4 rings (SSSR count). The number of carbonyl (C=O) groups excluding carboxylic acids is 3. The monoisotopic (exact) mass is 404 g/mol. The maximum absolute atomic E-state index is 12.9. The zero-order chi connectivity index (χ0) is 21.3. The Kier molecular flexibility index (Phi) is 5.10. The molecule has 0 aromatic heterocycles. The number of hydrogen-bond donors (Lipinski definition) is 2. The van der Waals surface area contributed by atoms with Gasteiger partial charge in [0.1, 0.15) is 11.3 Å². The second-order valence-corrected chi connectivity index (χ2v) is 7.14. The first-order valence-corrected chi connectivity index (χ1v) is 9.54. The summed E-state index contributed by atoms with van der Waals surface area (Å²) >= 11 is 0. The number of fused-ring (bicyclic) bond motifs is 2. The van der Waals surface area contributed by atoms with Gasteiger partial charge >= 0.3 is 5.97 Å². The van der Waals surface area contributed by atoms with Crippen molar-refractivity contribution in [1.29, 1.82) is 0 Å². The SMILES string of the molecule is C[C@H]1CC(=O)Nc2ccccc2N1C(=O)COC(=O)c1ccc2ccccc2c1O. The van der Waals surface area contributed by atoms with Crippen molar-refractivity contribution in [2.75, 3.05) is 16.8 Å². The van der Waals surface area contributed by atoms with Gasteiger partial charge in [-0.25, -0.2) is 4.79 Å². The molecule has 0 bridgehead atoms. The van der Waals surface area contributed by atoms with Gasteiger partial charge in [0.2, 0.25) is 5.91 Å². The van der Waals surface area contributed by atoms with E-state index in [2.05, 4.69) is 5.32 Å². The van der Waals surface area contributed by atoms with Crippen molar-refractivity contribution in [2.45, 2.75) is 19.4 Å². The minimum Gasteiger partial charge on any atom is -0.506 e. The first-order chi connectivity index (χ1) is 14.5. The number of esters is 1. The largest absolute Gasteiger partial charge is 0.506 e. The van der Waals surface area contributed by atoms with Gasteiger partial charge in [-0.05, 0) is 30.5 Å². The Morgan fingerprint density at radius 2 is 1.83 bits per heavy atom. The lowest BCUT2D eigenvalue weighted by atomic mass is 10.1. The minimum atomic E-state index is -0.795. The van der Waals surface area contributed by atoms with Crippen molar-refractivity contribution in [1.82, 2.24) is 0 Å². The summed E-state index contributed by atoms with van der Waals surface area (Å²) in [5.74, 6) is -1.63. The van der Waals surface area contributed by atoms with Crippen LogP contribution in [0.3, 0.4) is 0 Å². The first-order valence-electron chi connectivity index (χ1n) is 9.54. The van der Waals surface area contributed by atoms with Gasteiger partial charge in [-0.1, -0.05) is 42.5 Å². The first kappa shape index (κ1) is 19.4. The number of anilines is 2. The Hall–Kier alpha value is -3.87. The smallest absolute Gasteiger partial charge is 0.342 e. The predicted octanol–water partition coefficient (Wildman–Crippen LogP) is 3.47. The van der Waals surface area contributed by atoms with Crippen LogP contribution < -0.4 is 10.2 Å². The van der Waals surface area contributed by atoms with Crippen LogP contribution in [0.25, 0.3) is 10.8 Å². The fourth-order valence-electron chi connectivity index (χ4n) is 3.66. The van der Waals surface area contributed by atoms with Gasteiger partial charge in [0.15, 0.2) is 6.61 Å². The Bertz CT molecular complexity index is 1160. The molecule has 30 heavy (non-hydrogen) atoms. The van der Waals surface area contributed by atoms with Gasteiger partial charge in [-0.3, -0.25) is 9.59 Å². The summed E-state index contributed by atoms with van der Waals surface area (Å²) in [7, 11) is 0. The van der Waals surface area contributed by atoms with Crippen LogP contribution in [-0.2, 0) is 14.3 Å². The molecule has 0 saturated heterocycles. The number of rotatable bonds is 3. The summed E-state index contributed by atoms with van der Waals surface area (Å²) in [5, 5.41) is 14.5. The molecule has 7 nitrogen and oxygen atoms in total. The second-order valence-electron chi connectivity index (χ2n) is 7.14. The zero-order valence-electron chi connectivity index (χ0n) is 16.3. The third-order valence-electron chi connectivity index (χ3n) is 5.08. The molecule has 152 valence electrons. The van der Waals surface area contributed by atoms with E-state index in [1.54, 1.807) is 49.4 Å². The highest BCUT2D eigenvalue weighted by Gasteiger charge is 2.30. The van der Waals surface area contributed by atoms with E-state index < -0.39 is 24.5 Å². The van der Waals surface area contributed by atoms with E-state index in [4.69, 9.17) is 4.74 Å². The number of hydrogen-bond acceptors (Lipinski definition) is 5. The highest BCUT2D eigenvalue weighted by atomic mass is 16.5. The van der Waals surface area contributed by atoms with Gasteiger partial charge in [-0.15, -0.1) is 0 Å². The van der Waals surface area contributed by atoms with E-state index in [1.807, 2.05) is 12.1 Å². The van der Waals surface area contributed by atoms with Crippen LogP contribution in [0.1, 0.15) is 23.7 Å². The fourth-order valence-corrected chi connectivity index (χ4v) is 3.66. The molecule has 1 atom stereocenters. The van der Waals surface area contributed by atoms with E-state index in [9.17, 15) is 19.5 Å². The lowest BCUT2D eigenvalue weighted by molar-refractivity contribution is -0.122. The lowest BCUT2D eigenvalue weighted by Crippen LogP contribution is -2.41. The van der Waals surface area contributed by atoms with Crippen LogP contribution in [-0.4, -0.2) is 35.5 Å². The summed E-state index contributed by atoms with van der Waals surface area (Å²) in [5.41, 5.74) is 1.06. The molecular weight excluding hydrogens is 384 g/mol. The molecule has 0 radical (unpaired) electrons. The molecule has 0 fully saturated rings. The average molecular weight is 404 g/mol. The number of amides is 2. The van der Waals surface area contributed by atoms with Crippen molar-refractivity contribution < 1.29 is 24.2 Å². The van der Waals surface area contributed by atoms with Crippen molar-refractivity contribution in [2.24, 2.45) is 0 Å². The van der Waals surface area contributed by atoms with Gasteiger partial charge in [-0.2, -0.15) is 0 Å².